The van der Waals surface area contributed by atoms with Crippen molar-refractivity contribution in [1.29, 1.82) is 0 Å². The highest BCUT2D eigenvalue weighted by Crippen LogP contribution is 2.21. The fraction of sp³-hybridized carbons (Fsp3) is 0.0714. The monoisotopic (exact) mass is 242 g/mol. The van der Waals surface area contributed by atoms with Gasteiger partial charge in [0.05, 0.1) is 11.9 Å². The van der Waals surface area contributed by atoms with Gasteiger partial charge in [-0.1, -0.05) is 18.2 Å². The smallest absolute Gasteiger partial charge is 0.128 e. The number of nitrogens with one attached hydrogen (secondary N) is 1. The lowest BCUT2D eigenvalue weighted by Crippen LogP contribution is -1.92. The minimum absolute atomic E-state index is 0.00895. The maximum absolute atomic E-state index is 9.56. The van der Waals surface area contributed by atoms with Crippen LogP contribution in [0.1, 0.15) is 11.1 Å². The Bertz CT molecular complexity index is 580. The number of benzene rings is 2. The van der Waals surface area contributed by atoms with E-state index in [-0.39, 0.29) is 11.5 Å². The van der Waals surface area contributed by atoms with Gasteiger partial charge >= 0.3 is 0 Å². The third-order valence-electron chi connectivity index (χ3n) is 2.55. The zero-order chi connectivity index (χ0) is 13.0. The molecule has 4 nitrogen and oxygen atoms in total. The summed E-state index contributed by atoms with van der Waals surface area (Å²) < 4.78 is 0. The Morgan fingerprint density at radius 3 is 2.61 bits per heavy atom. The number of hydrogen-bond acceptors (Lipinski definition) is 4. The summed E-state index contributed by atoms with van der Waals surface area (Å²) in [6, 6.07) is 12.1. The molecule has 0 saturated carbocycles. The van der Waals surface area contributed by atoms with Crippen LogP contribution in [-0.2, 0) is 0 Å². The highest BCUT2D eigenvalue weighted by Gasteiger charge is 1.99. The maximum Gasteiger partial charge on any atom is 0.128 e. The van der Waals surface area contributed by atoms with Gasteiger partial charge in [-0.2, -0.15) is 5.10 Å². The van der Waals surface area contributed by atoms with Gasteiger partial charge in [0.15, 0.2) is 0 Å². The van der Waals surface area contributed by atoms with Crippen molar-refractivity contribution in [1.82, 2.24) is 0 Å². The minimum atomic E-state index is -0.00895. The van der Waals surface area contributed by atoms with Crippen LogP contribution in [0.25, 0.3) is 0 Å². The number of hydrogen-bond donors (Lipinski definition) is 3. The molecule has 0 aliphatic rings. The van der Waals surface area contributed by atoms with Crippen molar-refractivity contribution in [2.24, 2.45) is 5.10 Å². The molecule has 4 heteroatoms. The summed E-state index contributed by atoms with van der Waals surface area (Å²) in [6.07, 6.45) is 1.50. The van der Waals surface area contributed by atoms with Crippen LogP contribution in [0.2, 0.25) is 0 Å². The first-order chi connectivity index (χ1) is 8.66. The summed E-state index contributed by atoms with van der Waals surface area (Å²) in [4.78, 5) is 0. The lowest BCUT2D eigenvalue weighted by Gasteiger charge is -2.04. The quantitative estimate of drug-likeness (QED) is 0.572. The Balaban J connectivity index is 2.10. The van der Waals surface area contributed by atoms with E-state index < -0.39 is 0 Å². The first kappa shape index (κ1) is 12.0. The number of hydrazone groups is 1. The second-order valence-electron chi connectivity index (χ2n) is 3.93. The second-order valence-corrected chi connectivity index (χ2v) is 3.93. The molecule has 0 fully saturated rings. The van der Waals surface area contributed by atoms with Gasteiger partial charge in [0.2, 0.25) is 0 Å². The van der Waals surface area contributed by atoms with Crippen molar-refractivity contribution in [2.75, 3.05) is 5.43 Å². The summed E-state index contributed by atoms with van der Waals surface area (Å²) in [6.45, 7) is 1.98. The molecule has 0 saturated heterocycles. The van der Waals surface area contributed by atoms with E-state index in [9.17, 15) is 5.11 Å². The average molecular weight is 242 g/mol. The molecule has 0 aliphatic heterocycles. The largest absolute Gasteiger partial charge is 0.508 e. The Morgan fingerprint density at radius 1 is 1.11 bits per heavy atom. The van der Waals surface area contributed by atoms with E-state index in [2.05, 4.69) is 10.5 Å². The minimum Gasteiger partial charge on any atom is -0.508 e. The number of aromatic hydroxyl groups is 2. The summed E-state index contributed by atoms with van der Waals surface area (Å²) in [7, 11) is 0. The summed E-state index contributed by atoms with van der Waals surface area (Å²) in [5, 5.41) is 22.8. The molecular weight excluding hydrogens is 228 g/mol. The molecule has 0 atom stereocenters. The number of rotatable bonds is 3. The van der Waals surface area contributed by atoms with E-state index >= 15 is 0 Å². The van der Waals surface area contributed by atoms with Gasteiger partial charge in [-0.3, -0.25) is 5.43 Å². The van der Waals surface area contributed by atoms with Gasteiger partial charge < -0.3 is 10.2 Å². The fourth-order valence-corrected chi connectivity index (χ4v) is 1.51. The zero-order valence-electron chi connectivity index (χ0n) is 9.96. The van der Waals surface area contributed by atoms with Gasteiger partial charge in [-0.05, 0) is 30.7 Å². The highest BCUT2D eigenvalue weighted by molar-refractivity contribution is 5.84. The lowest BCUT2D eigenvalue weighted by atomic mass is 10.2. The Morgan fingerprint density at radius 2 is 1.89 bits per heavy atom. The molecule has 2 rings (SSSR count). The van der Waals surface area contributed by atoms with E-state index in [1.165, 1.54) is 18.3 Å². The molecule has 0 heterocycles. The van der Waals surface area contributed by atoms with Crippen molar-refractivity contribution in [3.63, 3.8) is 0 Å². The number of aryl methyl sites for hydroxylation is 1. The summed E-state index contributed by atoms with van der Waals surface area (Å²) in [5.41, 5.74) is 5.43. The molecule has 18 heavy (non-hydrogen) atoms. The van der Waals surface area contributed by atoms with Crippen LogP contribution in [0.3, 0.4) is 0 Å². The third-order valence-corrected chi connectivity index (χ3v) is 2.55. The van der Waals surface area contributed by atoms with Gasteiger partial charge in [-0.15, -0.1) is 0 Å². The number of nitrogens with zero attached hydrogens (tertiary/aromatic N) is 1. The third kappa shape index (κ3) is 2.79. The molecule has 2 aromatic rings. The van der Waals surface area contributed by atoms with E-state index in [0.29, 0.717) is 5.56 Å². The van der Waals surface area contributed by atoms with Gasteiger partial charge in [0.25, 0.3) is 0 Å². The summed E-state index contributed by atoms with van der Waals surface area (Å²) >= 11 is 0. The van der Waals surface area contributed by atoms with Crippen LogP contribution in [-0.4, -0.2) is 16.4 Å². The normalized spacial score (nSPS) is 10.7. The topological polar surface area (TPSA) is 64.9 Å². The maximum atomic E-state index is 9.56. The second kappa shape index (κ2) is 5.23. The Labute approximate surface area is 105 Å². The molecule has 0 aromatic heterocycles. The number of para-hydroxylation sites is 1. The van der Waals surface area contributed by atoms with Crippen molar-refractivity contribution < 1.29 is 10.2 Å². The average Bonchev–Trinajstić information content (AvgIpc) is 2.34. The van der Waals surface area contributed by atoms with E-state index in [1.54, 1.807) is 6.07 Å². The molecule has 3 N–H and O–H groups in total. The Hall–Kier alpha value is -2.49. The predicted octanol–water partition coefficient (Wildman–Crippen LogP) is 2.85. The van der Waals surface area contributed by atoms with Crippen molar-refractivity contribution in [3.05, 3.63) is 53.6 Å². The molecule has 0 amide bonds. The molecule has 0 radical (unpaired) electrons. The van der Waals surface area contributed by atoms with Crippen LogP contribution in [0, 0.1) is 6.92 Å². The molecule has 0 aliphatic carbocycles. The highest BCUT2D eigenvalue weighted by atomic mass is 16.3. The first-order valence-electron chi connectivity index (χ1n) is 5.53. The molecule has 0 spiro atoms. The van der Waals surface area contributed by atoms with E-state index in [4.69, 9.17) is 5.11 Å². The van der Waals surface area contributed by atoms with Crippen LogP contribution in [0.4, 0.5) is 5.69 Å². The molecule has 2 aromatic carbocycles. The standard InChI is InChI=1S/C14H14N2O2/c1-10-4-2-3-5-13(10)16-15-9-11-6-7-12(17)8-14(11)18/h2-9,16-18H,1H3/b15-9+. The predicted molar refractivity (Wildman–Crippen MR) is 72.2 cm³/mol. The van der Waals surface area contributed by atoms with Gasteiger partial charge in [0, 0.05) is 11.6 Å². The van der Waals surface area contributed by atoms with Gasteiger partial charge in [-0.25, -0.2) is 0 Å². The van der Waals surface area contributed by atoms with E-state index in [0.717, 1.165) is 11.3 Å². The van der Waals surface area contributed by atoms with Crippen LogP contribution >= 0.6 is 0 Å². The van der Waals surface area contributed by atoms with Crippen LogP contribution < -0.4 is 5.43 Å². The molecule has 0 bridgehead atoms. The van der Waals surface area contributed by atoms with Crippen LogP contribution in [0.5, 0.6) is 11.5 Å². The number of anilines is 1. The van der Waals surface area contributed by atoms with Gasteiger partial charge in [0.1, 0.15) is 11.5 Å². The van der Waals surface area contributed by atoms with Crippen molar-refractivity contribution >= 4 is 11.9 Å². The van der Waals surface area contributed by atoms with E-state index in [1.807, 2.05) is 31.2 Å². The lowest BCUT2D eigenvalue weighted by molar-refractivity contribution is 0.450. The fourth-order valence-electron chi connectivity index (χ4n) is 1.51. The number of phenols is 2. The number of phenolic OH excluding ortho intramolecular Hbond substituents is 2. The zero-order valence-corrected chi connectivity index (χ0v) is 9.96. The van der Waals surface area contributed by atoms with Crippen molar-refractivity contribution in [3.8, 4) is 11.5 Å². The SMILES string of the molecule is Cc1ccccc1N/N=C/c1ccc(O)cc1O. The molecular formula is C14H14N2O2. The molecule has 92 valence electrons. The van der Waals surface area contributed by atoms with Crippen LogP contribution in [0.15, 0.2) is 47.6 Å². The van der Waals surface area contributed by atoms with Crippen molar-refractivity contribution in [2.45, 2.75) is 6.92 Å². The Kier molecular flexibility index (Phi) is 3.48. The first-order valence-corrected chi connectivity index (χ1v) is 5.53. The summed E-state index contributed by atoms with van der Waals surface area (Å²) in [5.74, 6) is 0.0156. The molecule has 0 unspecified atom stereocenters.